The van der Waals surface area contributed by atoms with Crippen LogP contribution in [-0.2, 0) is 5.54 Å². The van der Waals surface area contributed by atoms with Gasteiger partial charge in [0.1, 0.15) is 5.82 Å². The second kappa shape index (κ2) is 5.65. The van der Waals surface area contributed by atoms with Gasteiger partial charge < -0.3 is 5.32 Å². The minimum Gasteiger partial charge on any atom is -0.345 e. The van der Waals surface area contributed by atoms with Crippen molar-refractivity contribution in [3.05, 3.63) is 52.6 Å². The lowest BCUT2D eigenvalue weighted by atomic mass is 9.71. The largest absolute Gasteiger partial charge is 0.345 e. The fraction of sp³-hybridized carbons (Fsp3) is 0.312. The molecule has 22 heavy (non-hydrogen) atoms. The highest BCUT2D eigenvalue weighted by Gasteiger charge is 2.41. The average molecular weight is 320 g/mol. The van der Waals surface area contributed by atoms with Crippen LogP contribution in [0.2, 0.25) is 5.02 Å². The fourth-order valence-electron chi connectivity index (χ4n) is 2.65. The number of aromatic nitrogens is 2. The SMILES string of the molecule is CC(=O)c1cnc(NC2(c3cccc(Cl)c3F)CCC2)nc1. The molecule has 0 saturated heterocycles. The zero-order valence-corrected chi connectivity index (χ0v) is 12.8. The Morgan fingerprint density at radius 3 is 2.55 bits per heavy atom. The van der Waals surface area contributed by atoms with Crippen LogP contribution in [0, 0.1) is 5.82 Å². The van der Waals surface area contributed by atoms with Gasteiger partial charge in [-0.15, -0.1) is 0 Å². The van der Waals surface area contributed by atoms with Crippen molar-refractivity contribution in [2.75, 3.05) is 5.32 Å². The Bertz CT molecular complexity index is 714. The second-order valence-electron chi connectivity index (χ2n) is 5.51. The summed E-state index contributed by atoms with van der Waals surface area (Å²) in [6, 6.07) is 5.00. The number of hydrogen-bond acceptors (Lipinski definition) is 4. The lowest BCUT2D eigenvalue weighted by molar-refractivity contribution is 0.101. The van der Waals surface area contributed by atoms with Gasteiger partial charge in [0, 0.05) is 18.0 Å². The molecule has 1 aromatic heterocycles. The number of Topliss-reactive ketones (excluding diaryl/α,β-unsaturated/α-hetero) is 1. The first-order valence-corrected chi connectivity index (χ1v) is 7.45. The van der Waals surface area contributed by atoms with Crippen LogP contribution in [0.15, 0.2) is 30.6 Å². The summed E-state index contributed by atoms with van der Waals surface area (Å²) in [6.45, 7) is 1.46. The van der Waals surface area contributed by atoms with Crippen LogP contribution in [0.4, 0.5) is 10.3 Å². The first kappa shape index (κ1) is 14.9. The van der Waals surface area contributed by atoms with Gasteiger partial charge in [-0.3, -0.25) is 4.79 Å². The molecule has 1 aliphatic rings. The van der Waals surface area contributed by atoms with E-state index >= 15 is 0 Å². The summed E-state index contributed by atoms with van der Waals surface area (Å²) in [4.78, 5) is 19.5. The van der Waals surface area contributed by atoms with E-state index in [9.17, 15) is 9.18 Å². The predicted octanol–water partition coefficient (Wildman–Crippen LogP) is 3.96. The summed E-state index contributed by atoms with van der Waals surface area (Å²) in [5, 5.41) is 3.32. The molecule has 6 heteroatoms. The molecule has 4 nitrogen and oxygen atoms in total. The number of anilines is 1. The van der Waals surface area contributed by atoms with Gasteiger partial charge in [0.2, 0.25) is 5.95 Å². The maximum atomic E-state index is 14.3. The van der Waals surface area contributed by atoms with Crippen LogP contribution in [0.3, 0.4) is 0 Å². The summed E-state index contributed by atoms with van der Waals surface area (Å²) < 4.78 is 14.3. The summed E-state index contributed by atoms with van der Waals surface area (Å²) in [5.74, 6) is -0.119. The first-order chi connectivity index (χ1) is 10.5. The zero-order chi connectivity index (χ0) is 15.7. The average Bonchev–Trinajstić information content (AvgIpc) is 2.47. The van der Waals surface area contributed by atoms with Gasteiger partial charge in [0.15, 0.2) is 5.78 Å². The van der Waals surface area contributed by atoms with Crippen molar-refractivity contribution in [3.63, 3.8) is 0 Å². The smallest absolute Gasteiger partial charge is 0.223 e. The number of nitrogens with one attached hydrogen (secondary N) is 1. The molecular weight excluding hydrogens is 305 g/mol. The van der Waals surface area contributed by atoms with Crippen molar-refractivity contribution < 1.29 is 9.18 Å². The Hall–Kier alpha value is -2.01. The molecule has 1 heterocycles. The Kier molecular flexibility index (Phi) is 3.83. The molecule has 0 radical (unpaired) electrons. The van der Waals surface area contributed by atoms with Crippen molar-refractivity contribution in [2.24, 2.45) is 0 Å². The number of ketones is 1. The molecule has 0 aliphatic heterocycles. The van der Waals surface area contributed by atoms with E-state index in [1.807, 2.05) is 0 Å². The van der Waals surface area contributed by atoms with Crippen molar-refractivity contribution >= 4 is 23.3 Å². The molecule has 114 valence electrons. The molecule has 0 amide bonds. The molecular formula is C16H15ClFN3O. The van der Waals surface area contributed by atoms with Crippen LogP contribution in [-0.4, -0.2) is 15.8 Å². The molecule has 1 aromatic carbocycles. The van der Waals surface area contributed by atoms with Gasteiger partial charge >= 0.3 is 0 Å². The van der Waals surface area contributed by atoms with Crippen LogP contribution in [0.1, 0.15) is 42.1 Å². The van der Waals surface area contributed by atoms with Gasteiger partial charge in [-0.25, -0.2) is 14.4 Å². The maximum absolute atomic E-state index is 14.3. The van der Waals surface area contributed by atoms with Gasteiger partial charge in [0.05, 0.1) is 16.1 Å². The van der Waals surface area contributed by atoms with E-state index in [0.717, 1.165) is 19.3 Å². The Morgan fingerprint density at radius 2 is 2.00 bits per heavy atom. The lowest BCUT2D eigenvalue weighted by Crippen LogP contribution is -2.43. The molecule has 0 spiro atoms. The number of hydrogen-bond donors (Lipinski definition) is 1. The van der Waals surface area contributed by atoms with Crippen molar-refractivity contribution in [1.29, 1.82) is 0 Å². The van der Waals surface area contributed by atoms with Gasteiger partial charge in [-0.2, -0.15) is 0 Å². The van der Waals surface area contributed by atoms with Gasteiger partial charge in [-0.05, 0) is 32.3 Å². The van der Waals surface area contributed by atoms with Crippen molar-refractivity contribution in [3.8, 4) is 0 Å². The Labute approximate surface area is 132 Å². The number of benzene rings is 1. The molecule has 3 rings (SSSR count). The third kappa shape index (κ3) is 2.57. The molecule has 1 fully saturated rings. The van der Waals surface area contributed by atoms with E-state index in [2.05, 4.69) is 15.3 Å². The topological polar surface area (TPSA) is 54.9 Å². The second-order valence-corrected chi connectivity index (χ2v) is 5.92. The normalized spacial score (nSPS) is 16.0. The van der Waals surface area contributed by atoms with E-state index in [-0.39, 0.29) is 10.8 Å². The highest BCUT2D eigenvalue weighted by Crippen LogP contribution is 2.45. The minimum absolute atomic E-state index is 0.0919. The van der Waals surface area contributed by atoms with Crippen LogP contribution in [0.5, 0.6) is 0 Å². The number of nitrogens with zero attached hydrogens (tertiary/aromatic N) is 2. The van der Waals surface area contributed by atoms with E-state index in [1.165, 1.54) is 25.4 Å². The third-order valence-corrected chi connectivity index (χ3v) is 4.38. The van der Waals surface area contributed by atoms with E-state index in [4.69, 9.17) is 11.6 Å². The number of carbonyl (C=O) groups excluding carboxylic acids is 1. The van der Waals surface area contributed by atoms with Crippen LogP contribution < -0.4 is 5.32 Å². The molecule has 0 unspecified atom stereocenters. The molecule has 1 saturated carbocycles. The standard InChI is InChI=1S/C16H15ClFN3O/c1-10(22)11-8-19-15(20-9-11)21-16(6-3-7-16)12-4-2-5-13(17)14(12)18/h2,4-5,8-9H,3,6-7H2,1H3,(H,19,20,21). The fourth-order valence-corrected chi connectivity index (χ4v) is 2.83. The number of halogens is 2. The molecule has 0 atom stereocenters. The summed E-state index contributed by atoms with van der Waals surface area (Å²) in [6.07, 6.45) is 5.49. The van der Waals surface area contributed by atoms with E-state index < -0.39 is 11.4 Å². The van der Waals surface area contributed by atoms with Gasteiger partial charge in [-0.1, -0.05) is 23.7 Å². The number of rotatable bonds is 4. The predicted molar refractivity (Wildman–Crippen MR) is 82.6 cm³/mol. The number of carbonyl (C=O) groups is 1. The Balaban J connectivity index is 1.91. The molecule has 1 aliphatic carbocycles. The first-order valence-electron chi connectivity index (χ1n) is 7.07. The molecule has 1 N–H and O–H groups in total. The molecule has 0 bridgehead atoms. The van der Waals surface area contributed by atoms with Crippen LogP contribution >= 0.6 is 11.6 Å². The highest BCUT2D eigenvalue weighted by atomic mass is 35.5. The van der Waals surface area contributed by atoms with Crippen molar-refractivity contribution in [2.45, 2.75) is 31.7 Å². The lowest BCUT2D eigenvalue weighted by Gasteiger charge is -2.43. The van der Waals surface area contributed by atoms with Gasteiger partial charge in [0.25, 0.3) is 0 Å². The minimum atomic E-state index is -0.535. The third-order valence-electron chi connectivity index (χ3n) is 4.08. The van der Waals surface area contributed by atoms with E-state index in [0.29, 0.717) is 17.1 Å². The monoisotopic (exact) mass is 319 g/mol. The van der Waals surface area contributed by atoms with Crippen molar-refractivity contribution in [1.82, 2.24) is 9.97 Å². The summed E-state index contributed by atoms with van der Waals surface area (Å²) >= 11 is 5.89. The maximum Gasteiger partial charge on any atom is 0.223 e. The quantitative estimate of drug-likeness (QED) is 0.867. The summed E-state index contributed by atoms with van der Waals surface area (Å²) in [7, 11) is 0. The zero-order valence-electron chi connectivity index (χ0n) is 12.1. The van der Waals surface area contributed by atoms with E-state index in [1.54, 1.807) is 12.1 Å². The molecule has 2 aromatic rings. The highest BCUT2D eigenvalue weighted by molar-refractivity contribution is 6.30. The van der Waals surface area contributed by atoms with Crippen LogP contribution in [0.25, 0.3) is 0 Å². The summed E-state index contributed by atoms with van der Waals surface area (Å²) in [5.41, 5.74) is 0.444. The Morgan fingerprint density at radius 1 is 1.32 bits per heavy atom.